The summed E-state index contributed by atoms with van der Waals surface area (Å²) in [6.07, 6.45) is 1.82. The van der Waals surface area contributed by atoms with Crippen LogP contribution < -0.4 is 20.5 Å². The number of amides is 1. The Labute approximate surface area is 120 Å². The first-order valence-electron chi connectivity index (χ1n) is 6.80. The van der Waals surface area contributed by atoms with Crippen LogP contribution in [-0.2, 0) is 11.2 Å². The summed E-state index contributed by atoms with van der Waals surface area (Å²) < 4.78 is 10.5. The predicted molar refractivity (Wildman–Crippen MR) is 79.1 cm³/mol. The van der Waals surface area contributed by atoms with Gasteiger partial charge in [-0.3, -0.25) is 4.79 Å². The van der Waals surface area contributed by atoms with Gasteiger partial charge in [0, 0.05) is 19.0 Å². The molecular formula is C15H24N2O3. The molecular weight excluding hydrogens is 256 g/mol. The highest BCUT2D eigenvalue weighted by molar-refractivity contribution is 5.76. The van der Waals surface area contributed by atoms with Crippen LogP contribution in [0.15, 0.2) is 18.2 Å². The average molecular weight is 280 g/mol. The van der Waals surface area contributed by atoms with E-state index >= 15 is 0 Å². The van der Waals surface area contributed by atoms with Crippen LogP contribution in [0.4, 0.5) is 0 Å². The summed E-state index contributed by atoms with van der Waals surface area (Å²) in [4.78, 5) is 11.7. The molecule has 0 aliphatic carbocycles. The molecule has 1 aromatic carbocycles. The van der Waals surface area contributed by atoms with Gasteiger partial charge in [-0.15, -0.1) is 0 Å². The lowest BCUT2D eigenvalue weighted by Gasteiger charge is -2.11. The number of carbonyl (C=O) groups is 1. The van der Waals surface area contributed by atoms with Gasteiger partial charge in [0.1, 0.15) is 11.5 Å². The number of aryl methyl sites for hydroxylation is 1. The van der Waals surface area contributed by atoms with Crippen LogP contribution in [0.5, 0.6) is 11.5 Å². The molecule has 1 unspecified atom stereocenters. The molecule has 1 rings (SSSR count). The van der Waals surface area contributed by atoms with E-state index in [1.807, 2.05) is 25.1 Å². The van der Waals surface area contributed by atoms with E-state index in [0.717, 1.165) is 23.5 Å². The number of hydrogen-bond donors (Lipinski definition) is 2. The normalized spacial score (nSPS) is 11.8. The Bertz CT molecular complexity index is 433. The topological polar surface area (TPSA) is 73.6 Å². The third-order valence-corrected chi connectivity index (χ3v) is 3.03. The van der Waals surface area contributed by atoms with E-state index in [2.05, 4.69) is 5.32 Å². The fourth-order valence-corrected chi connectivity index (χ4v) is 1.85. The molecule has 0 aliphatic rings. The molecule has 0 fully saturated rings. The number of methoxy groups -OCH3 is 2. The molecule has 20 heavy (non-hydrogen) atoms. The Kier molecular flexibility index (Phi) is 6.87. The van der Waals surface area contributed by atoms with Gasteiger partial charge in [-0.1, -0.05) is 0 Å². The lowest BCUT2D eigenvalue weighted by Crippen LogP contribution is -2.29. The highest BCUT2D eigenvalue weighted by Crippen LogP contribution is 2.24. The maximum atomic E-state index is 11.7. The molecule has 5 nitrogen and oxygen atoms in total. The van der Waals surface area contributed by atoms with Crippen molar-refractivity contribution >= 4 is 5.91 Å². The molecule has 0 spiro atoms. The smallest absolute Gasteiger partial charge is 0.220 e. The number of carbonyl (C=O) groups excluding carboxylic acids is 1. The minimum Gasteiger partial charge on any atom is -0.497 e. The maximum absolute atomic E-state index is 11.7. The lowest BCUT2D eigenvalue weighted by atomic mass is 10.1. The summed E-state index contributed by atoms with van der Waals surface area (Å²) in [7, 11) is 3.24. The van der Waals surface area contributed by atoms with Gasteiger partial charge in [-0.25, -0.2) is 0 Å². The lowest BCUT2D eigenvalue weighted by molar-refractivity contribution is -0.121. The van der Waals surface area contributed by atoms with Crippen molar-refractivity contribution in [1.82, 2.24) is 5.32 Å². The molecule has 1 atom stereocenters. The molecule has 0 radical (unpaired) electrons. The van der Waals surface area contributed by atoms with E-state index in [-0.39, 0.29) is 11.9 Å². The van der Waals surface area contributed by atoms with E-state index in [9.17, 15) is 4.79 Å². The van der Waals surface area contributed by atoms with Crippen molar-refractivity contribution in [2.45, 2.75) is 32.2 Å². The monoisotopic (exact) mass is 280 g/mol. The van der Waals surface area contributed by atoms with Crippen molar-refractivity contribution in [3.05, 3.63) is 23.8 Å². The van der Waals surface area contributed by atoms with Gasteiger partial charge >= 0.3 is 0 Å². The Balaban J connectivity index is 2.49. The van der Waals surface area contributed by atoms with Crippen LogP contribution in [-0.4, -0.2) is 32.7 Å². The first-order valence-corrected chi connectivity index (χ1v) is 6.80. The molecule has 0 aliphatic heterocycles. The van der Waals surface area contributed by atoms with E-state index in [4.69, 9.17) is 15.2 Å². The van der Waals surface area contributed by atoms with E-state index < -0.39 is 0 Å². The Hall–Kier alpha value is -1.75. The molecule has 0 aromatic heterocycles. The van der Waals surface area contributed by atoms with Crippen molar-refractivity contribution in [2.75, 3.05) is 20.8 Å². The standard InChI is InChI=1S/C15H24N2O3/c1-11(16)8-9-17-15(18)7-4-12-10-13(19-2)5-6-14(12)20-3/h5-6,10-11H,4,7-9,16H2,1-3H3,(H,17,18). The second-order valence-corrected chi connectivity index (χ2v) is 4.79. The number of ether oxygens (including phenoxy) is 2. The van der Waals surface area contributed by atoms with Crippen LogP contribution in [0.2, 0.25) is 0 Å². The van der Waals surface area contributed by atoms with Crippen LogP contribution in [0.3, 0.4) is 0 Å². The molecule has 112 valence electrons. The number of hydrogen-bond acceptors (Lipinski definition) is 4. The van der Waals surface area contributed by atoms with Crippen LogP contribution in [0, 0.1) is 0 Å². The third-order valence-electron chi connectivity index (χ3n) is 3.03. The number of rotatable bonds is 8. The zero-order chi connectivity index (χ0) is 15.0. The summed E-state index contributed by atoms with van der Waals surface area (Å²) in [6.45, 7) is 2.54. The second kappa shape index (κ2) is 8.43. The molecule has 0 bridgehead atoms. The number of benzene rings is 1. The highest BCUT2D eigenvalue weighted by atomic mass is 16.5. The summed E-state index contributed by atoms with van der Waals surface area (Å²) in [5.41, 5.74) is 6.60. The van der Waals surface area contributed by atoms with Crippen molar-refractivity contribution in [3.8, 4) is 11.5 Å². The molecule has 5 heteroatoms. The Morgan fingerprint density at radius 3 is 2.70 bits per heavy atom. The average Bonchev–Trinajstić information content (AvgIpc) is 2.44. The SMILES string of the molecule is COc1ccc(OC)c(CCC(=O)NCCC(C)N)c1. The Morgan fingerprint density at radius 1 is 1.35 bits per heavy atom. The van der Waals surface area contributed by atoms with Crippen LogP contribution in [0.1, 0.15) is 25.3 Å². The molecule has 1 aromatic rings. The molecule has 0 saturated heterocycles. The summed E-state index contributed by atoms with van der Waals surface area (Å²) in [5, 5.41) is 2.86. The summed E-state index contributed by atoms with van der Waals surface area (Å²) in [6, 6.07) is 5.69. The van der Waals surface area contributed by atoms with Gasteiger partial charge in [0.2, 0.25) is 5.91 Å². The van der Waals surface area contributed by atoms with Crippen molar-refractivity contribution in [1.29, 1.82) is 0 Å². The van der Waals surface area contributed by atoms with Gasteiger partial charge in [0.15, 0.2) is 0 Å². The second-order valence-electron chi connectivity index (χ2n) is 4.79. The summed E-state index contributed by atoms with van der Waals surface area (Å²) in [5.74, 6) is 1.56. The van der Waals surface area contributed by atoms with Crippen LogP contribution >= 0.6 is 0 Å². The van der Waals surface area contributed by atoms with Crippen molar-refractivity contribution < 1.29 is 14.3 Å². The molecule has 0 saturated carbocycles. The largest absolute Gasteiger partial charge is 0.497 e. The first-order chi connectivity index (χ1) is 9.56. The third kappa shape index (κ3) is 5.48. The van der Waals surface area contributed by atoms with Gasteiger partial charge < -0.3 is 20.5 Å². The van der Waals surface area contributed by atoms with Crippen LogP contribution in [0.25, 0.3) is 0 Å². The quantitative estimate of drug-likeness (QED) is 0.756. The molecule has 3 N–H and O–H groups in total. The van der Waals surface area contributed by atoms with Gasteiger partial charge in [0.25, 0.3) is 0 Å². The van der Waals surface area contributed by atoms with Crippen molar-refractivity contribution in [2.24, 2.45) is 5.73 Å². The van der Waals surface area contributed by atoms with Gasteiger partial charge in [-0.05, 0) is 43.5 Å². The zero-order valence-corrected chi connectivity index (χ0v) is 12.4. The highest BCUT2D eigenvalue weighted by Gasteiger charge is 2.08. The summed E-state index contributed by atoms with van der Waals surface area (Å²) >= 11 is 0. The van der Waals surface area contributed by atoms with E-state index in [1.54, 1.807) is 14.2 Å². The van der Waals surface area contributed by atoms with Crippen molar-refractivity contribution in [3.63, 3.8) is 0 Å². The minimum absolute atomic E-state index is 0.0236. The predicted octanol–water partition coefficient (Wildman–Crippen LogP) is 1.49. The fourth-order valence-electron chi connectivity index (χ4n) is 1.85. The number of nitrogens with one attached hydrogen (secondary N) is 1. The fraction of sp³-hybridized carbons (Fsp3) is 0.533. The van der Waals surface area contributed by atoms with Gasteiger partial charge in [0.05, 0.1) is 14.2 Å². The van der Waals surface area contributed by atoms with E-state index in [0.29, 0.717) is 19.4 Å². The van der Waals surface area contributed by atoms with E-state index in [1.165, 1.54) is 0 Å². The minimum atomic E-state index is 0.0236. The molecule has 1 amide bonds. The molecule has 0 heterocycles. The number of nitrogens with two attached hydrogens (primary N) is 1. The Morgan fingerprint density at radius 2 is 2.10 bits per heavy atom. The zero-order valence-electron chi connectivity index (χ0n) is 12.4. The van der Waals surface area contributed by atoms with Gasteiger partial charge in [-0.2, -0.15) is 0 Å². The first kappa shape index (κ1) is 16.3. The maximum Gasteiger partial charge on any atom is 0.220 e.